The normalized spacial score (nSPS) is 10.7. The standard InChI is InChI=1S/C20H22F2N2O6/c1-26-15-6-4-13(8-17(15)27-2)10-23-19(25)12-29-24-11-14-5-7-16(30-20(21)22)18(9-14)28-3/h4-9,11,20H,10,12H2,1-3H3,(H,23,25)/b24-11+. The molecule has 0 unspecified atom stereocenters. The molecular weight excluding hydrogens is 402 g/mol. The number of nitrogens with one attached hydrogen (secondary N) is 1. The number of ether oxygens (including phenoxy) is 4. The molecule has 2 rings (SSSR count). The van der Waals surface area contributed by atoms with Crippen LogP contribution in [0.15, 0.2) is 41.6 Å². The summed E-state index contributed by atoms with van der Waals surface area (Å²) in [5, 5.41) is 6.37. The monoisotopic (exact) mass is 424 g/mol. The van der Waals surface area contributed by atoms with Crippen LogP contribution < -0.4 is 24.3 Å². The summed E-state index contributed by atoms with van der Waals surface area (Å²) in [4.78, 5) is 16.8. The minimum atomic E-state index is -2.96. The van der Waals surface area contributed by atoms with Crippen molar-refractivity contribution >= 4 is 12.1 Å². The highest BCUT2D eigenvalue weighted by molar-refractivity contribution is 5.81. The van der Waals surface area contributed by atoms with Crippen molar-refractivity contribution in [2.45, 2.75) is 13.2 Å². The van der Waals surface area contributed by atoms with Crippen molar-refractivity contribution < 1.29 is 37.4 Å². The molecule has 0 fully saturated rings. The number of rotatable bonds is 11. The second kappa shape index (κ2) is 11.4. The van der Waals surface area contributed by atoms with Crippen molar-refractivity contribution in [1.82, 2.24) is 5.32 Å². The van der Waals surface area contributed by atoms with Crippen LogP contribution in [0.5, 0.6) is 23.0 Å². The van der Waals surface area contributed by atoms with Crippen molar-refractivity contribution in [3.05, 3.63) is 47.5 Å². The molecule has 0 bridgehead atoms. The third-order valence-corrected chi connectivity index (χ3v) is 3.81. The number of hydrogen-bond acceptors (Lipinski definition) is 7. The van der Waals surface area contributed by atoms with Crippen molar-refractivity contribution in [3.63, 3.8) is 0 Å². The molecule has 0 aromatic heterocycles. The molecule has 0 aliphatic heterocycles. The van der Waals surface area contributed by atoms with Gasteiger partial charge in [-0.2, -0.15) is 8.78 Å². The Morgan fingerprint density at radius 1 is 1.00 bits per heavy atom. The summed E-state index contributed by atoms with van der Waals surface area (Å²) in [5.41, 5.74) is 1.34. The van der Waals surface area contributed by atoms with E-state index in [9.17, 15) is 13.6 Å². The maximum absolute atomic E-state index is 12.3. The van der Waals surface area contributed by atoms with Gasteiger partial charge in [0, 0.05) is 12.1 Å². The molecular formula is C20H22F2N2O6. The van der Waals surface area contributed by atoms with Gasteiger partial charge in [0.2, 0.25) is 0 Å². The minimum absolute atomic E-state index is 0.0971. The van der Waals surface area contributed by atoms with Gasteiger partial charge in [-0.1, -0.05) is 11.2 Å². The average Bonchev–Trinajstić information content (AvgIpc) is 2.75. The molecule has 0 saturated heterocycles. The molecule has 2 aromatic carbocycles. The highest BCUT2D eigenvalue weighted by Gasteiger charge is 2.11. The fraction of sp³-hybridized carbons (Fsp3) is 0.300. The fourth-order valence-electron chi connectivity index (χ4n) is 2.39. The SMILES string of the molecule is COc1ccc(CNC(=O)CO/N=C/c2ccc(OC(F)F)c(OC)c2)cc1OC. The third kappa shape index (κ3) is 6.80. The Hall–Kier alpha value is -3.56. The molecule has 0 saturated carbocycles. The molecule has 0 aliphatic carbocycles. The van der Waals surface area contributed by atoms with E-state index in [1.165, 1.54) is 38.6 Å². The summed E-state index contributed by atoms with van der Waals surface area (Å²) in [6.07, 6.45) is 1.32. The largest absolute Gasteiger partial charge is 0.493 e. The van der Waals surface area contributed by atoms with Gasteiger partial charge < -0.3 is 29.1 Å². The lowest BCUT2D eigenvalue weighted by Crippen LogP contribution is -2.26. The molecule has 0 spiro atoms. The minimum Gasteiger partial charge on any atom is -0.493 e. The number of nitrogens with zero attached hydrogens (tertiary/aromatic N) is 1. The number of methoxy groups -OCH3 is 3. The lowest BCUT2D eigenvalue weighted by Gasteiger charge is -2.10. The molecule has 1 N–H and O–H groups in total. The van der Waals surface area contributed by atoms with Gasteiger partial charge >= 0.3 is 6.61 Å². The molecule has 0 atom stereocenters. The molecule has 162 valence electrons. The van der Waals surface area contributed by atoms with Crippen LogP contribution in [-0.2, 0) is 16.2 Å². The Kier molecular flexibility index (Phi) is 8.67. The number of oxime groups is 1. The first-order chi connectivity index (χ1) is 14.5. The van der Waals surface area contributed by atoms with Gasteiger partial charge in [0.25, 0.3) is 5.91 Å². The molecule has 2 aromatic rings. The summed E-state index contributed by atoms with van der Waals surface area (Å²) in [7, 11) is 4.40. The van der Waals surface area contributed by atoms with E-state index in [0.717, 1.165) is 5.56 Å². The number of carbonyl (C=O) groups is 1. The summed E-state index contributed by atoms with van der Waals surface area (Å²) in [6, 6.07) is 9.56. The van der Waals surface area contributed by atoms with E-state index in [4.69, 9.17) is 19.0 Å². The Bertz CT molecular complexity index is 876. The number of carbonyl (C=O) groups excluding carboxylic acids is 1. The van der Waals surface area contributed by atoms with Gasteiger partial charge in [0.05, 0.1) is 27.5 Å². The van der Waals surface area contributed by atoms with Crippen LogP contribution in [0.4, 0.5) is 8.78 Å². The zero-order valence-electron chi connectivity index (χ0n) is 16.7. The molecule has 0 aliphatic rings. The first-order valence-corrected chi connectivity index (χ1v) is 8.72. The van der Waals surface area contributed by atoms with Crippen LogP contribution in [0.25, 0.3) is 0 Å². The van der Waals surface area contributed by atoms with Crippen molar-refractivity contribution in [3.8, 4) is 23.0 Å². The molecule has 1 amide bonds. The smallest absolute Gasteiger partial charge is 0.387 e. The summed E-state index contributed by atoms with van der Waals surface area (Å²) in [5.74, 6) is 0.799. The Morgan fingerprint density at radius 3 is 2.33 bits per heavy atom. The number of hydrogen-bond donors (Lipinski definition) is 1. The second-order valence-corrected chi connectivity index (χ2v) is 5.76. The summed E-state index contributed by atoms with van der Waals surface area (Å²) in [6.45, 7) is -2.98. The van der Waals surface area contributed by atoms with Gasteiger partial charge in [0.1, 0.15) is 0 Å². The van der Waals surface area contributed by atoms with E-state index in [0.29, 0.717) is 17.1 Å². The van der Waals surface area contributed by atoms with E-state index in [1.807, 2.05) is 0 Å². The highest BCUT2D eigenvalue weighted by Crippen LogP contribution is 2.29. The highest BCUT2D eigenvalue weighted by atomic mass is 19.3. The predicted octanol–water partition coefficient (Wildman–Crippen LogP) is 2.98. The lowest BCUT2D eigenvalue weighted by atomic mass is 10.2. The van der Waals surface area contributed by atoms with Crippen LogP contribution in [0.1, 0.15) is 11.1 Å². The van der Waals surface area contributed by atoms with E-state index < -0.39 is 6.61 Å². The van der Waals surface area contributed by atoms with Crippen LogP contribution in [0.2, 0.25) is 0 Å². The number of alkyl halides is 2. The predicted molar refractivity (Wildman–Crippen MR) is 105 cm³/mol. The Labute approximate surface area is 172 Å². The van der Waals surface area contributed by atoms with Gasteiger partial charge in [-0.25, -0.2) is 0 Å². The topological polar surface area (TPSA) is 87.6 Å². The van der Waals surface area contributed by atoms with E-state index in [-0.39, 0.29) is 30.6 Å². The molecule has 8 nitrogen and oxygen atoms in total. The van der Waals surface area contributed by atoms with E-state index in [1.54, 1.807) is 25.3 Å². The second-order valence-electron chi connectivity index (χ2n) is 5.76. The number of halogens is 2. The third-order valence-electron chi connectivity index (χ3n) is 3.81. The maximum atomic E-state index is 12.3. The first kappa shape index (κ1) is 22.7. The maximum Gasteiger partial charge on any atom is 0.387 e. The first-order valence-electron chi connectivity index (χ1n) is 8.72. The quantitative estimate of drug-likeness (QED) is 0.441. The summed E-state index contributed by atoms with van der Waals surface area (Å²) < 4.78 is 44.4. The van der Waals surface area contributed by atoms with Gasteiger partial charge in [-0.3, -0.25) is 4.79 Å². The van der Waals surface area contributed by atoms with Gasteiger partial charge in [-0.15, -0.1) is 0 Å². The molecule has 0 heterocycles. The molecule has 30 heavy (non-hydrogen) atoms. The number of benzene rings is 2. The van der Waals surface area contributed by atoms with Crippen LogP contribution >= 0.6 is 0 Å². The van der Waals surface area contributed by atoms with Crippen LogP contribution in [0.3, 0.4) is 0 Å². The summed E-state index contributed by atoms with van der Waals surface area (Å²) >= 11 is 0. The molecule has 10 heteroatoms. The van der Waals surface area contributed by atoms with E-state index in [2.05, 4.69) is 15.2 Å². The average molecular weight is 424 g/mol. The van der Waals surface area contributed by atoms with Crippen LogP contribution in [0, 0.1) is 0 Å². The zero-order valence-corrected chi connectivity index (χ0v) is 16.7. The Balaban J connectivity index is 1.82. The fourth-order valence-corrected chi connectivity index (χ4v) is 2.39. The van der Waals surface area contributed by atoms with E-state index >= 15 is 0 Å². The van der Waals surface area contributed by atoms with Crippen molar-refractivity contribution in [1.29, 1.82) is 0 Å². The van der Waals surface area contributed by atoms with Gasteiger partial charge in [-0.05, 0) is 35.9 Å². The van der Waals surface area contributed by atoms with Gasteiger partial charge in [0.15, 0.2) is 29.6 Å². The van der Waals surface area contributed by atoms with Crippen LogP contribution in [-0.4, -0.2) is 46.7 Å². The Morgan fingerprint density at radius 2 is 1.67 bits per heavy atom. The van der Waals surface area contributed by atoms with Crippen molar-refractivity contribution in [2.75, 3.05) is 27.9 Å². The zero-order chi connectivity index (χ0) is 21.9. The van der Waals surface area contributed by atoms with Crippen molar-refractivity contribution in [2.24, 2.45) is 5.16 Å². The lowest BCUT2D eigenvalue weighted by molar-refractivity contribution is -0.125. The number of amides is 1. The molecule has 0 radical (unpaired) electrons.